The Bertz CT molecular complexity index is 1580. The molecule has 0 atom stereocenters. The van der Waals surface area contributed by atoms with Crippen molar-refractivity contribution in [3.05, 3.63) is 76.5 Å². The van der Waals surface area contributed by atoms with Gasteiger partial charge in [0.05, 0.1) is 22.4 Å². The number of amides is 2. The Morgan fingerprint density at radius 1 is 0.975 bits per heavy atom. The molecule has 0 saturated carbocycles. The van der Waals surface area contributed by atoms with Crippen LogP contribution in [0.25, 0.3) is 10.2 Å². The minimum atomic E-state index is -0.626. The van der Waals surface area contributed by atoms with Crippen molar-refractivity contribution >= 4 is 44.7 Å². The molecule has 0 radical (unpaired) electrons. The van der Waals surface area contributed by atoms with Crippen molar-refractivity contribution < 1.29 is 28.6 Å². The number of anilines is 2. The number of nitrogens with zero attached hydrogens (tertiary/aromatic N) is 2. The molecule has 2 amide bonds. The highest BCUT2D eigenvalue weighted by Crippen LogP contribution is 2.31. The average molecular weight is 563 g/mol. The summed E-state index contributed by atoms with van der Waals surface area (Å²) in [6.45, 7) is 3.17. The fourth-order valence-corrected chi connectivity index (χ4v) is 5.68. The largest absolute Gasteiger partial charge is 0.486 e. The molecule has 6 rings (SSSR count). The van der Waals surface area contributed by atoms with Crippen LogP contribution < -0.4 is 20.1 Å². The molecular weight excluding hydrogens is 535 g/mol. The van der Waals surface area contributed by atoms with Crippen LogP contribution in [-0.4, -0.2) is 59.2 Å². The Hall–Kier alpha value is -4.06. The molecule has 2 aromatic carbocycles. The smallest absolute Gasteiger partial charge is 0.265 e. The van der Waals surface area contributed by atoms with E-state index in [0.29, 0.717) is 47.4 Å². The van der Waals surface area contributed by atoms with Gasteiger partial charge in [-0.2, -0.15) is 0 Å². The predicted molar refractivity (Wildman–Crippen MR) is 150 cm³/mol. The van der Waals surface area contributed by atoms with Crippen molar-refractivity contribution in [1.29, 1.82) is 0 Å². The Kier molecular flexibility index (Phi) is 7.33. The quantitative estimate of drug-likeness (QED) is 0.313. The maximum Gasteiger partial charge on any atom is 0.265 e. The zero-order valence-electron chi connectivity index (χ0n) is 21.5. The molecule has 0 unspecified atom stereocenters. The molecule has 0 bridgehead atoms. The molecule has 11 heteroatoms. The molecule has 3 N–H and O–H groups in total. The molecule has 4 aromatic rings. The lowest BCUT2D eigenvalue weighted by Crippen LogP contribution is -2.35. The summed E-state index contributed by atoms with van der Waals surface area (Å²) in [6, 6.07) is 14.5. The van der Waals surface area contributed by atoms with E-state index in [1.165, 1.54) is 29.5 Å². The first-order valence-electron chi connectivity index (χ1n) is 13.0. The van der Waals surface area contributed by atoms with Crippen LogP contribution in [0.1, 0.15) is 38.6 Å². The van der Waals surface area contributed by atoms with Crippen LogP contribution in [0.3, 0.4) is 0 Å². The van der Waals surface area contributed by atoms with Gasteiger partial charge in [0.2, 0.25) is 0 Å². The number of nitrogens with one attached hydrogen (secondary N) is 2. The highest BCUT2D eigenvalue weighted by atomic mass is 32.1. The highest BCUT2D eigenvalue weighted by molar-refractivity contribution is 7.20. The van der Waals surface area contributed by atoms with Crippen molar-refractivity contribution in [2.75, 3.05) is 36.9 Å². The minimum Gasteiger partial charge on any atom is -0.486 e. The summed E-state index contributed by atoms with van der Waals surface area (Å²) in [6.07, 6.45) is 1.28. The standard InChI is InChI=1S/C29H27FN4O5S/c30-22-5-4-19(31-27(36)17-2-6-24-25(13-17)39-12-11-38-24)15-23(22)33-28(37)26-14-18-1-3-20(32-29(18)40-26)16-34-9-7-21(35)8-10-34/h1-6,13-15,21,35H,7-12,16H2,(H,31,36)(H,33,37). The molecule has 206 valence electrons. The van der Waals surface area contributed by atoms with Gasteiger partial charge >= 0.3 is 0 Å². The van der Waals surface area contributed by atoms with E-state index >= 15 is 0 Å². The highest BCUT2D eigenvalue weighted by Gasteiger charge is 2.19. The average Bonchev–Trinajstić information content (AvgIpc) is 3.39. The van der Waals surface area contributed by atoms with Gasteiger partial charge in [0, 0.05) is 36.3 Å². The van der Waals surface area contributed by atoms with E-state index in [1.54, 1.807) is 24.3 Å². The summed E-state index contributed by atoms with van der Waals surface area (Å²) < 4.78 is 25.6. The number of thiophene rings is 1. The molecule has 2 aromatic heterocycles. The Morgan fingerprint density at radius 3 is 2.60 bits per heavy atom. The number of pyridine rings is 1. The Balaban J connectivity index is 1.13. The SMILES string of the molecule is O=C(Nc1ccc(F)c(NC(=O)c2cc3ccc(CN4CCC(O)CC4)nc3s2)c1)c1ccc2c(c1)OCCO2. The van der Waals surface area contributed by atoms with E-state index in [9.17, 15) is 19.1 Å². The van der Waals surface area contributed by atoms with Crippen LogP contribution in [0.5, 0.6) is 11.5 Å². The van der Waals surface area contributed by atoms with Crippen LogP contribution in [0.15, 0.2) is 54.6 Å². The lowest BCUT2D eigenvalue weighted by molar-refractivity contribution is 0.0787. The van der Waals surface area contributed by atoms with Crippen molar-refractivity contribution in [3.63, 3.8) is 0 Å². The number of fused-ring (bicyclic) bond motifs is 2. The number of benzene rings is 2. The first-order chi connectivity index (χ1) is 19.4. The second-order valence-electron chi connectivity index (χ2n) is 9.78. The summed E-state index contributed by atoms with van der Waals surface area (Å²) in [7, 11) is 0. The number of rotatable bonds is 6. The molecule has 0 spiro atoms. The lowest BCUT2D eigenvalue weighted by Gasteiger charge is -2.29. The topological polar surface area (TPSA) is 113 Å². The Morgan fingerprint density at radius 2 is 1.77 bits per heavy atom. The van der Waals surface area contributed by atoms with Crippen LogP contribution >= 0.6 is 11.3 Å². The number of aliphatic hydroxyl groups is 1. The number of hydrogen-bond donors (Lipinski definition) is 3. The Labute approximate surface area is 233 Å². The van der Waals surface area contributed by atoms with E-state index in [0.717, 1.165) is 41.8 Å². The molecule has 1 fully saturated rings. The van der Waals surface area contributed by atoms with Crippen molar-refractivity contribution in [2.45, 2.75) is 25.5 Å². The molecule has 40 heavy (non-hydrogen) atoms. The van der Waals surface area contributed by atoms with Crippen molar-refractivity contribution in [3.8, 4) is 11.5 Å². The van der Waals surface area contributed by atoms with Gasteiger partial charge in [-0.1, -0.05) is 6.07 Å². The van der Waals surface area contributed by atoms with Crippen LogP contribution in [0.4, 0.5) is 15.8 Å². The van der Waals surface area contributed by atoms with E-state index in [4.69, 9.17) is 14.5 Å². The third-order valence-corrected chi connectivity index (χ3v) is 7.93. The first kappa shape index (κ1) is 26.2. The number of aliphatic hydroxyl groups excluding tert-OH is 1. The second-order valence-corrected chi connectivity index (χ2v) is 10.8. The van der Waals surface area contributed by atoms with Gasteiger partial charge < -0.3 is 25.2 Å². The number of halogens is 1. The van der Waals surface area contributed by atoms with Crippen molar-refractivity contribution in [2.24, 2.45) is 0 Å². The number of carbonyl (C=O) groups is 2. The minimum absolute atomic E-state index is 0.0524. The normalized spacial score (nSPS) is 15.7. The van der Waals surface area contributed by atoms with Gasteiger partial charge in [0.25, 0.3) is 11.8 Å². The van der Waals surface area contributed by atoms with Gasteiger partial charge in [0.15, 0.2) is 11.5 Å². The molecule has 2 aliphatic rings. The number of aromatic nitrogens is 1. The van der Waals surface area contributed by atoms with Gasteiger partial charge in [-0.3, -0.25) is 14.5 Å². The summed E-state index contributed by atoms with van der Waals surface area (Å²) in [5.74, 6) is -0.442. The third kappa shape index (κ3) is 5.76. The molecule has 9 nitrogen and oxygen atoms in total. The molecule has 0 aliphatic carbocycles. The molecular formula is C29H27FN4O5S. The maximum absolute atomic E-state index is 14.6. The van der Waals surface area contributed by atoms with Gasteiger partial charge in [-0.25, -0.2) is 9.37 Å². The van der Waals surface area contributed by atoms with E-state index in [1.807, 2.05) is 12.1 Å². The molecule has 4 heterocycles. The number of ether oxygens (including phenoxy) is 2. The predicted octanol–water partition coefficient (Wildman–Crippen LogP) is 4.67. The number of piperidine rings is 1. The van der Waals surface area contributed by atoms with Gasteiger partial charge in [-0.15, -0.1) is 11.3 Å². The summed E-state index contributed by atoms with van der Waals surface area (Å²) in [4.78, 5) is 33.9. The van der Waals surface area contributed by atoms with Crippen LogP contribution in [0, 0.1) is 5.82 Å². The van der Waals surface area contributed by atoms with E-state index in [2.05, 4.69) is 15.5 Å². The fourth-order valence-electron chi connectivity index (χ4n) is 4.73. The summed E-state index contributed by atoms with van der Waals surface area (Å²) >= 11 is 1.23. The van der Waals surface area contributed by atoms with Crippen LogP contribution in [-0.2, 0) is 6.54 Å². The monoisotopic (exact) mass is 562 g/mol. The number of hydrogen-bond acceptors (Lipinski definition) is 8. The zero-order valence-corrected chi connectivity index (χ0v) is 22.3. The first-order valence-corrected chi connectivity index (χ1v) is 13.8. The zero-order chi connectivity index (χ0) is 27.6. The summed E-state index contributed by atoms with van der Waals surface area (Å²) in [5, 5.41) is 15.9. The van der Waals surface area contributed by atoms with Gasteiger partial charge in [-0.05, 0) is 61.4 Å². The third-order valence-electron chi connectivity index (χ3n) is 6.88. The van der Waals surface area contributed by atoms with Gasteiger partial charge in [0.1, 0.15) is 23.9 Å². The van der Waals surface area contributed by atoms with E-state index in [-0.39, 0.29) is 11.8 Å². The molecule has 2 aliphatic heterocycles. The van der Waals surface area contributed by atoms with E-state index < -0.39 is 17.6 Å². The number of likely N-dealkylation sites (tertiary alicyclic amines) is 1. The summed E-state index contributed by atoms with van der Waals surface area (Å²) in [5.41, 5.74) is 1.52. The van der Waals surface area contributed by atoms with Crippen LogP contribution in [0.2, 0.25) is 0 Å². The second kappa shape index (κ2) is 11.2. The van der Waals surface area contributed by atoms with Crippen molar-refractivity contribution in [1.82, 2.24) is 9.88 Å². The maximum atomic E-state index is 14.6. The molecule has 1 saturated heterocycles. The number of carbonyl (C=O) groups excluding carboxylic acids is 2. The lowest BCUT2D eigenvalue weighted by atomic mass is 10.1. The fraction of sp³-hybridized carbons (Fsp3) is 0.276.